The second kappa shape index (κ2) is 8.17. The first-order valence-electron chi connectivity index (χ1n) is 9.88. The van der Waals surface area contributed by atoms with Crippen molar-refractivity contribution in [3.8, 4) is 0 Å². The van der Waals surface area contributed by atoms with Gasteiger partial charge in [0.1, 0.15) is 6.54 Å². The zero-order valence-corrected chi connectivity index (χ0v) is 19.4. The number of piperazine rings is 1. The van der Waals surface area contributed by atoms with Crippen LogP contribution in [0.1, 0.15) is 27.2 Å². The number of fused-ring (bicyclic) bond motifs is 1. The van der Waals surface area contributed by atoms with Crippen molar-refractivity contribution in [2.45, 2.75) is 39.3 Å². The van der Waals surface area contributed by atoms with Gasteiger partial charge in [-0.1, -0.05) is 13.8 Å². The zero-order valence-electron chi connectivity index (χ0n) is 17.1. The highest BCUT2D eigenvalue weighted by Crippen LogP contribution is 2.52. The predicted molar refractivity (Wildman–Crippen MR) is 119 cm³/mol. The molecule has 1 aliphatic carbocycles. The van der Waals surface area contributed by atoms with E-state index >= 15 is 0 Å². The van der Waals surface area contributed by atoms with Crippen LogP contribution in [-0.4, -0.2) is 71.5 Å². The normalized spacial score (nSPS) is 29.2. The van der Waals surface area contributed by atoms with Crippen LogP contribution in [0.5, 0.6) is 0 Å². The molecule has 1 N–H and O–H groups in total. The lowest BCUT2D eigenvalue weighted by Gasteiger charge is -2.55. The Morgan fingerprint density at radius 2 is 2.21 bits per heavy atom. The van der Waals surface area contributed by atoms with E-state index < -0.39 is 0 Å². The molecule has 9 heteroatoms. The fourth-order valence-electron chi connectivity index (χ4n) is 4.82. The van der Waals surface area contributed by atoms with Crippen LogP contribution in [0.3, 0.4) is 0 Å². The van der Waals surface area contributed by atoms with E-state index in [1.807, 2.05) is 20.2 Å². The molecule has 4 rings (SSSR count). The minimum absolute atomic E-state index is 0. The number of halogens is 1. The van der Waals surface area contributed by atoms with Gasteiger partial charge >= 0.3 is 0 Å². The number of hydrogen-bond donors (Lipinski definition) is 1. The molecule has 3 atom stereocenters. The van der Waals surface area contributed by atoms with Crippen LogP contribution < -0.4 is 10.2 Å². The smallest absolute Gasteiger partial charge is 0.246 e. The quantitative estimate of drug-likeness (QED) is 0.385. The van der Waals surface area contributed by atoms with Crippen molar-refractivity contribution >= 4 is 41.5 Å². The molecule has 2 aliphatic heterocycles. The van der Waals surface area contributed by atoms with Crippen LogP contribution in [0.4, 0.5) is 5.69 Å². The fraction of sp³-hybridized carbons (Fsp3) is 0.737. The monoisotopic (exact) mass is 502 g/mol. The van der Waals surface area contributed by atoms with Gasteiger partial charge in [0, 0.05) is 56.9 Å². The van der Waals surface area contributed by atoms with Gasteiger partial charge in [-0.2, -0.15) is 5.10 Å². The molecule has 28 heavy (non-hydrogen) atoms. The lowest BCUT2D eigenvalue weighted by molar-refractivity contribution is -0.120. The molecule has 1 aromatic rings. The molecular formula is C19H31IN6O2. The van der Waals surface area contributed by atoms with E-state index in [4.69, 9.17) is 4.74 Å². The van der Waals surface area contributed by atoms with Crippen molar-refractivity contribution in [1.82, 2.24) is 20.0 Å². The maximum Gasteiger partial charge on any atom is 0.246 e. The molecule has 0 radical (unpaired) electrons. The van der Waals surface area contributed by atoms with E-state index in [0.717, 1.165) is 31.2 Å². The Balaban J connectivity index is 0.00000225. The van der Waals surface area contributed by atoms with Crippen LogP contribution in [0, 0.1) is 11.3 Å². The number of carbonyl (C=O) groups excluding carboxylic acids is 1. The molecule has 2 saturated heterocycles. The molecule has 1 aromatic heterocycles. The van der Waals surface area contributed by atoms with Crippen molar-refractivity contribution in [3.05, 3.63) is 12.4 Å². The van der Waals surface area contributed by atoms with Gasteiger partial charge in [0.15, 0.2) is 5.96 Å². The highest BCUT2D eigenvalue weighted by Gasteiger charge is 2.59. The van der Waals surface area contributed by atoms with Crippen molar-refractivity contribution in [2.75, 3.05) is 37.7 Å². The molecular weight excluding hydrogens is 471 g/mol. The van der Waals surface area contributed by atoms with Crippen LogP contribution in [-0.2, 0) is 16.6 Å². The number of carbonyl (C=O) groups is 1. The SMILES string of the molecule is CCN=C(NC1C2CCOC2C1(C)C)N1CCN(c2cnn(C)c2)C(=O)C1.I. The molecule has 0 spiro atoms. The summed E-state index contributed by atoms with van der Waals surface area (Å²) in [4.78, 5) is 21.3. The fourth-order valence-corrected chi connectivity index (χ4v) is 4.82. The van der Waals surface area contributed by atoms with Crippen molar-refractivity contribution < 1.29 is 9.53 Å². The summed E-state index contributed by atoms with van der Waals surface area (Å²) in [5.74, 6) is 1.46. The number of nitrogens with zero attached hydrogens (tertiary/aromatic N) is 5. The maximum atomic E-state index is 12.7. The lowest BCUT2D eigenvalue weighted by Crippen LogP contribution is -2.69. The topological polar surface area (TPSA) is 75.0 Å². The van der Waals surface area contributed by atoms with Gasteiger partial charge in [0.2, 0.25) is 5.91 Å². The van der Waals surface area contributed by atoms with E-state index in [0.29, 0.717) is 37.7 Å². The Hall–Kier alpha value is -1.36. The number of guanidine groups is 1. The van der Waals surface area contributed by atoms with Crippen LogP contribution in [0.25, 0.3) is 0 Å². The van der Waals surface area contributed by atoms with Gasteiger partial charge in [0.05, 0.1) is 18.0 Å². The third-order valence-corrected chi connectivity index (χ3v) is 6.22. The first-order valence-corrected chi connectivity index (χ1v) is 9.88. The number of amides is 1. The van der Waals surface area contributed by atoms with Gasteiger partial charge in [-0.15, -0.1) is 24.0 Å². The Bertz CT molecular complexity index is 749. The number of hydrogen-bond acceptors (Lipinski definition) is 4. The van der Waals surface area contributed by atoms with Crippen molar-refractivity contribution in [2.24, 2.45) is 23.4 Å². The summed E-state index contributed by atoms with van der Waals surface area (Å²) in [5.41, 5.74) is 0.937. The first-order chi connectivity index (χ1) is 12.9. The summed E-state index contributed by atoms with van der Waals surface area (Å²) < 4.78 is 7.63. The molecule has 1 saturated carbocycles. The highest BCUT2D eigenvalue weighted by molar-refractivity contribution is 14.0. The van der Waals surface area contributed by atoms with Crippen LogP contribution in [0.15, 0.2) is 17.4 Å². The maximum absolute atomic E-state index is 12.7. The number of ether oxygens (including phenoxy) is 1. The number of nitrogens with one attached hydrogen (secondary N) is 1. The Morgan fingerprint density at radius 1 is 1.43 bits per heavy atom. The molecule has 3 unspecified atom stereocenters. The third kappa shape index (κ3) is 3.62. The molecule has 3 fully saturated rings. The molecule has 0 bridgehead atoms. The Labute approximate surface area is 183 Å². The van der Waals surface area contributed by atoms with Crippen LogP contribution in [0.2, 0.25) is 0 Å². The molecule has 3 heterocycles. The van der Waals surface area contributed by atoms with E-state index in [2.05, 4.69) is 34.2 Å². The van der Waals surface area contributed by atoms with Crippen LogP contribution >= 0.6 is 24.0 Å². The number of aromatic nitrogens is 2. The second-order valence-electron chi connectivity index (χ2n) is 8.32. The number of aryl methyl sites for hydroxylation is 1. The summed E-state index contributed by atoms with van der Waals surface area (Å²) in [5, 5.41) is 7.85. The number of rotatable bonds is 3. The van der Waals surface area contributed by atoms with Gasteiger partial charge in [-0.25, -0.2) is 0 Å². The Morgan fingerprint density at radius 3 is 2.86 bits per heavy atom. The minimum Gasteiger partial charge on any atom is -0.377 e. The first kappa shape index (κ1) is 21.4. The molecule has 8 nitrogen and oxygen atoms in total. The van der Waals surface area contributed by atoms with Crippen molar-refractivity contribution in [1.29, 1.82) is 0 Å². The summed E-state index contributed by atoms with van der Waals surface area (Å²) in [6.07, 6.45) is 5.05. The third-order valence-electron chi connectivity index (χ3n) is 6.22. The van der Waals surface area contributed by atoms with Crippen molar-refractivity contribution in [3.63, 3.8) is 0 Å². The molecule has 1 amide bonds. The van der Waals surface area contributed by atoms with E-state index in [1.54, 1.807) is 15.8 Å². The van der Waals surface area contributed by atoms with Gasteiger partial charge in [0.25, 0.3) is 0 Å². The van der Waals surface area contributed by atoms with E-state index in [-0.39, 0.29) is 35.3 Å². The highest BCUT2D eigenvalue weighted by atomic mass is 127. The summed E-state index contributed by atoms with van der Waals surface area (Å²) in [6, 6.07) is 0.335. The lowest BCUT2D eigenvalue weighted by atomic mass is 9.57. The largest absolute Gasteiger partial charge is 0.377 e. The average molecular weight is 502 g/mol. The second-order valence-corrected chi connectivity index (χ2v) is 8.32. The van der Waals surface area contributed by atoms with E-state index in [9.17, 15) is 4.79 Å². The number of aliphatic imine (C=N–C) groups is 1. The summed E-state index contributed by atoms with van der Waals surface area (Å²) in [6.45, 7) is 9.80. The molecule has 156 valence electrons. The average Bonchev–Trinajstić information content (AvgIpc) is 3.26. The van der Waals surface area contributed by atoms with Gasteiger partial charge in [-0.3, -0.25) is 14.5 Å². The standard InChI is InChI=1S/C19H30N6O2.HI/c1-5-20-18(22-16-14-6-9-27-17(14)19(16,2)3)24-7-8-25(15(26)12-24)13-10-21-23(4)11-13;/h10-11,14,16-17H,5-9,12H2,1-4H3,(H,20,22);1H. The molecule has 3 aliphatic rings. The zero-order chi connectivity index (χ0) is 19.2. The van der Waals surface area contributed by atoms with Gasteiger partial charge < -0.3 is 19.9 Å². The minimum atomic E-state index is 0. The Kier molecular flexibility index (Phi) is 6.23. The predicted octanol–water partition coefficient (Wildman–Crippen LogP) is 1.47. The van der Waals surface area contributed by atoms with Gasteiger partial charge in [-0.05, 0) is 13.3 Å². The molecule has 0 aromatic carbocycles. The summed E-state index contributed by atoms with van der Waals surface area (Å²) in [7, 11) is 1.86. The van der Waals surface area contributed by atoms with E-state index in [1.165, 1.54) is 0 Å². The summed E-state index contributed by atoms with van der Waals surface area (Å²) >= 11 is 0. The number of anilines is 1.